The van der Waals surface area contributed by atoms with Crippen LogP contribution < -0.4 is 5.73 Å². The topological polar surface area (TPSA) is 92.1 Å². The fourth-order valence-electron chi connectivity index (χ4n) is 3.77. The van der Waals surface area contributed by atoms with Gasteiger partial charge in [-0.25, -0.2) is 8.42 Å². The van der Waals surface area contributed by atoms with Gasteiger partial charge >= 0.3 is 0 Å². The largest absolute Gasteiger partial charge is 0.325 e. The van der Waals surface area contributed by atoms with Crippen LogP contribution in [0.2, 0.25) is 0 Å². The molecule has 0 aromatic carbocycles. The average Bonchev–Trinajstić information content (AvgIpc) is 3.03. The lowest BCUT2D eigenvalue weighted by atomic mass is 9.94. The molecule has 0 radical (unpaired) electrons. The van der Waals surface area contributed by atoms with Crippen LogP contribution in [0.15, 0.2) is 4.90 Å². The fraction of sp³-hybridized carbons (Fsp3) is 0.769. The van der Waals surface area contributed by atoms with Crippen molar-refractivity contribution in [3.8, 4) is 0 Å². The van der Waals surface area contributed by atoms with E-state index in [1.165, 1.54) is 0 Å². The first-order chi connectivity index (χ1) is 9.55. The van der Waals surface area contributed by atoms with Gasteiger partial charge in [0.2, 0.25) is 10.0 Å². The van der Waals surface area contributed by atoms with Gasteiger partial charge in [-0.05, 0) is 38.5 Å². The molecule has 20 heavy (non-hydrogen) atoms. The second-order valence-corrected chi connectivity index (χ2v) is 7.67. The summed E-state index contributed by atoms with van der Waals surface area (Å²) in [6.07, 6.45) is 5.39. The second kappa shape index (κ2) is 5.13. The van der Waals surface area contributed by atoms with E-state index in [4.69, 9.17) is 5.73 Å². The Morgan fingerprint density at radius 3 is 2.85 bits per heavy atom. The van der Waals surface area contributed by atoms with Gasteiger partial charge in [0, 0.05) is 19.1 Å². The van der Waals surface area contributed by atoms with Crippen molar-refractivity contribution in [2.45, 2.75) is 56.5 Å². The highest BCUT2D eigenvalue weighted by atomic mass is 32.2. The Kier molecular flexibility index (Phi) is 3.60. The summed E-state index contributed by atoms with van der Waals surface area (Å²) in [7, 11) is -3.49. The highest BCUT2D eigenvalue weighted by Crippen LogP contribution is 2.40. The fourth-order valence-corrected chi connectivity index (χ4v) is 5.87. The normalized spacial score (nSPS) is 27.7. The maximum absolute atomic E-state index is 13.0. The average molecular weight is 298 g/mol. The first-order valence-electron chi connectivity index (χ1n) is 7.31. The minimum absolute atomic E-state index is 0.140. The molecule has 0 amide bonds. The molecule has 6 nitrogen and oxygen atoms in total. The van der Waals surface area contributed by atoms with Crippen molar-refractivity contribution < 1.29 is 8.42 Å². The molecular formula is C13H22N4O2S. The summed E-state index contributed by atoms with van der Waals surface area (Å²) < 4.78 is 27.7. The van der Waals surface area contributed by atoms with Gasteiger partial charge in [0.1, 0.15) is 4.90 Å². The molecule has 0 spiro atoms. The number of aromatic nitrogens is 2. The number of H-pyrrole nitrogens is 1. The molecule has 2 atom stereocenters. The van der Waals surface area contributed by atoms with Gasteiger partial charge in [-0.1, -0.05) is 6.42 Å². The SMILES string of the molecule is Cc1[nH]nc(CN)c1S(=O)(=O)N1CCCC2CCCC21. The van der Waals surface area contributed by atoms with E-state index >= 15 is 0 Å². The number of rotatable bonds is 3. The molecule has 2 heterocycles. The zero-order chi connectivity index (χ0) is 14.3. The monoisotopic (exact) mass is 298 g/mol. The third kappa shape index (κ3) is 2.08. The van der Waals surface area contributed by atoms with Crippen LogP contribution in [0.1, 0.15) is 43.5 Å². The Morgan fingerprint density at radius 1 is 1.35 bits per heavy atom. The number of nitrogens with two attached hydrogens (primary N) is 1. The lowest BCUT2D eigenvalue weighted by molar-refractivity contribution is 0.202. The highest BCUT2D eigenvalue weighted by Gasteiger charge is 2.42. The predicted octanol–water partition coefficient (Wildman–Crippen LogP) is 1.13. The van der Waals surface area contributed by atoms with E-state index in [2.05, 4.69) is 10.2 Å². The van der Waals surface area contributed by atoms with E-state index in [1.54, 1.807) is 11.2 Å². The third-order valence-corrected chi connectivity index (χ3v) is 6.79. The molecule has 2 fully saturated rings. The molecule has 3 N–H and O–H groups in total. The second-order valence-electron chi connectivity index (χ2n) is 5.84. The van der Waals surface area contributed by atoms with Crippen molar-refractivity contribution in [3.63, 3.8) is 0 Å². The van der Waals surface area contributed by atoms with Crippen LogP contribution in [0.5, 0.6) is 0 Å². The predicted molar refractivity (Wildman–Crippen MR) is 75.5 cm³/mol. The van der Waals surface area contributed by atoms with Crippen LogP contribution in [-0.4, -0.2) is 35.5 Å². The van der Waals surface area contributed by atoms with Crippen molar-refractivity contribution in [1.29, 1.82) is 0 Å². The molecule has 1 saturated carbocycles. The van der Waals surface area contributed by atoms with Crippen molar-refractivity contribution in [2.75, 3.05) is 6.54 Å². The Morgan fingerprint density at radius 2 is 2.10 bits per heavy atom. The standard InChI is InChI=1S/C13H22N4O2S/c1-9-13(11(8-14)16-15-9)20(18,19)17-7-3-5-10-4-2-6-12(10)17/h10,12H,2-8,14H2,1H3,(H,15,16). The molecule has 112 valence electrons. The van der Waals surface area contributed by atoms with Crippen LogP contribution in [0.4, 0.5) is 0 Å². The van der Waals surface area contributed by atoms with Gasteiger partial charge in [0.05, 0.1) is 11.4 Å². The number of sulfonamides is 1. The molecule has 1 aromatic rings. The van der Waals surface area contributed by atoms with Crippen LogP contribution in [0, 0.1) is 12.8 Å². The van der Waals surface area contributed by atoms with Gasteiger partial charge in [-0.3, -0.25) is 5.10 Å². The van der Waals surface area contributed by atoms with Crippen molar-refractivity contribution >= 4 is 10.0 Å². The van der Waals surface area contributed by atoms with E-state index < -0.39 is 10.0 Å². The third-order valence-electron chi connectivity index (χ3n) is 4.66. The Hall–Kier alpha value is -0.920. The summed E-state index contributed by atoms with van der Waals surface area (Å²) in [6.45, 7) is 2.51. The van der Waals surface area contributed by atoms with Crippen LogP contribution in [0.3, 0.4) is 0 Å². The molecule has 7 heteroatoms. The lowest BCUT2D eigenvalue weighted by Crippen LogP contribution is -2.46. The first-order valence-corrected chi connectivity index (χ1v) is 8.75. The molecule has 1 aromatic heterocycles. The van der Waals surface area contributed by atoms with E-state index in [1.807, 2.05) is 0 Å². The maximum atomic E-state index is 13.0. The number of fused-ring (bicyclic) bond motifs is 1. The Labute approximate surface area is 119 Å². The summed E-state index contributed by atoms with van der Waals surface area (Å²) in [6, 6.07) is 0.175. The van der Waals surface area contributed by atoms with Crippen molar-refractivity contribution in [1.82, 2.24) is 14.5 Å². The molecule has 2 unspecified atom stereocenters. The molecule has 3 rings (SSSR count). The van der Waals surface area contributed by atoms with E-state index in [-0.39, 0.29) is 12.6 Å². The lowest BCUT2D eigenvalue weighted by Gasteiger charge is -2.36. The number of piperidine rings is 1. The number of aromatic amines is 1. The van der Waals surface area contributed by atoms with Crippen LogP contribution in [-0.2, 0) is 16.6 Å². The summed E-state index contributed by atoms with van der Waals surface area (Å²) in [5.74, 6) is 0.534. The van der Waals surface area contributed by atoms with Gasteiger partial charge in [0.15, 0.2) is 0 Å². The molecule has 1 saturated heterocycles. The number of nitrogens with zero attached hydrogens (tertiary/aromatic N) is 2. The number of hydrogen-bond donors (Lipinski definition) is 2. The molecular weight excluding hydrogens is 276 g/mol. The van der Waals surface area contributed by atoms with Crippen LogP contribution >= 0.6 is 0 Å². The van der Waals surface area contributed by atoms with Gasteiger partial charge in [0.25, 0.3) is 0 Å². The highest BCUT2D eigenvalue weighted by molar-refractivity contribution is 7.89. The molecule has 2 aliphatic rings. The number of aryl methyl sites for hydroxylation is 1. The zero-order valence-electron chi connectivity index (χ0n) is 11.8. The minimum Gasteiger partial charge on any atom is -0.325 e. The van der Waals surface area contributed by atoms with Gasteiger partial charge in [-0.2, -0.15) is 9.40 Å². The minimum atomic E-state index is -3.49. The summed E-state index contributed by atoms with van der Waals surface area (Å²) in [5.41, 5.74) is 6.67. The summed E-state index contributed by atoms with van der Waals surface area (Å²) in [5, 5.41) is 6.78. The first kappa shape index (κ1) is 14.0. The van der Waals surface area contributed by atoms with Gasteiger partial charge in [-0.15, -0.1) is 0 Å². The maximum Gasteiger partial charge on any atom is 0.247 e. The van der Waals surface area contributed by atoms with E-state index in [0.29, 0.717) is 28.7 Å². The molecule has 1 aliphatic carbocycles. The zero-order valence-corrected chi connectivity index (χ0v) is 12.6. The van der Waals surface area contributed by atoms with Gasteiger partial charge < -0.3 is 5.73 Å². The van der Waals surface area contributed by atoms with Crippen molar-refractivity contribution in [3.05, 3.63) is 11.4 Å². The molecule has 0 bridgehead atoms. The van der Waals surface area contributed by atoms with Crippen LogP contribution in [0.25, 0.3) is 0 Å². The number of nitrogens with one attached hydrogen (secondary N) is 1. The Balaban J connectivity index is 2.00. The van der Waals surface area contributed by atoms with E-state index in [9.17, 15) is 8.42 Å². The van der Waals surface area contributed by atoms with Crippen molar-refractivity contribution in [2.24, 2.45) is 11.7 Å². The Bertz CT molecular complexity index is 596. The summed E-state index contributed by atoms with van der Waals surface area (Å²) in [4.78, 5) is 0.299. The molecule has 1 aliphatic heterocycles. The smallest absolute Gasteiger partial charge is 0.247 e. The quantitative estimate of drug-likeness (QED) is 0.875. The van der Waals surface area contributed by atoms with E-state index in [0.717, 1.165) is 32.1 Å². The summed E-state index contributed by atoms with van der Waals surface area (Å²) >= 11 is 0. The number of hydrogen-bond acceptors (Lipinski definition) is 4.